The van der Waals surface area contributed by atoms with E-state index in [9.17, 15) is 4.79 Å². The number of urea groups is 1. The third kappa shape index (κ3) is 3.14. The number of nitrogens with zero attached hydrogens (tertiary/aromatic N) is 2. The van der Waals surface area contributed by atoms with Crippen LogP contribution in [0.3, 0.4) is 0 Å². The number of carbonyl (C=O) groups is 1. The largest absolute Gasteiger partial charge is 0.493 e. The van der Waals surface area contributed by atoms with Crippen molar-refractivity contribution in [3.05, 3.63) is 35.2 Å². The Morgan fingerprint density at radius 3 is 2.88 bits per heavy atom. The van der Waals surface area contributed by atoms with Gasteiger partial charge >= 0.3 is 6.03 Å². The van der Waals surface area contributed by atoms with Crippen LogP contribution in [-0.4, -0.2) is 37.0 Å². The van der Waals surface area contributed by atoms with E-state index in [4.69, 9.17) is 9.47 Å². The Kier molecular flexibility index (Phi) is 4.83. The van der Waals surface area contributed by atoms with Crippen molar-refractivity contribution in [3.63, 3.8) is 0 Å². The number of aromatic nitrogens is 2. The van der Waals surface area contributed by atoms with Gasteiger partial charge in [0.05, 0.1) is 37.8 Å². The fourth-order valence-electron chi connectivity index (χ4n) is 3.37. The van der Waals surface area contributed by atoms with Crippen molar-refractivity contribution in [2.75, 3.05) is 25.7 Å². The van der Waals surface area contributed by atoms with Gasteiger partial charge < -0.3 is 14.8 Å². The second kappa shape index (κ2) is 7.04. The van der Waals surface area contributed by atoms with Gasteiger partial charge in [-0.25, -0.2) is 4.79 Å². The van der Waals surface area contributed by atoms with Crippen LogP contribution in [0.5, 0.6) is 11.5 Å². The quantitative estimate of drug-likeness (QED) is 0.894. The topological polar surface area (TPSA) is 79.5 Å². The van der Waals surface area contributed by atoms with Crippen molar-refractivity contribution < 1.29 is 14.3 Å². The molecule has 0 saturated carbocycles. The van der Waals surface area contributed by atoms with Gasteiger partial charge in [-0.1, -0.05) is 6.07 Å². The molecule has 0 saturated heterocycles. The molecule has 134 valence electrons. The number of H-pyrrole nitrogens is 1. The van der Waals surface area contributed by atoms with Gasteiger partial charge in [0.2, 0.25) is 0 Å². The number of nitrogens with one attached hydrogen (secondary N) is 2. The van der Waals surface area contributed by atoms with Crippen molar-refractivity contribution in [2.24, 2.45) is 0 Å². The summed E-state index contributed by atoms with van der Waals surface area (Å²) in [6.45, 7) is 4.62. The van der Waals surface area contributed by atoms with E-state index in [-0.39, 0.29) is 12.1 Å². The standard InChI is InChI=1S/C18H24N4O3/c1-11-13(7-8-16(24-3)17(11)25-4)12(2)20-18(23)22-9-5-6-14-15(22)10-19-21-14/h7-8,10,12H,5-6,9H2,1-4H3,(H,19,21)(H,20,23). The molecular weight excluding hydrogens is 320 g/mol. The molecule has 1 unspecified atom stereocenters. The summed E-state index contributed by atoms with van der Waals surface area (Å²) in [5.41, 5.74) is 3.82. The van der Waals surface area contributed by atoms with Crippen LogP contribution >= 0.6 is 0 Å². The zero-order chi connectivity index (χ0) is 18.0. The smallest absolute Gasteiger partial charge is 0.322 e. The van der Waals surface area contributed by atoms with Crippen LogP contribution in [0.15, 0.2) is 18.3 Å². The number of aromatic amines is 1. The molecule has 1 aromatic carbocycles. The van der Waals surface area contributed by atoms with E-state index in [0.717, 1.165) is 35.3 Å². The summed E-state index contributed by atoms with van der Waals surface area (Å²) in [6, 6.07) is 3.54. The van der Waals surface area contributed by atoms with E-state index in [1.807, 2.05) is 26.0 Å². The minimum atomic E-state index is -0.162. The minimum Gasteiger partial charge on any atom is -0.493 e. The molecule has 2 N–H and O–H groups in total. The highest BCUT2D eigenvalue weighted by molar-refractivity contribution is 5.93. The van der Waals surface area contributed by atoms with Crippen LogP contribution in [0.25, 0.3) is 0 Å². The first-order chi connectivity index (χ1) is 12.1. The molecule has 2 amide bonds. The third-order valence-corrected chi connectivity index (χ3v) is 4.68. The van der Waals surface area contributed by atoms with Crippen LogP contribution < -0.4 is 19.7 Å². The monoisotopic (exact) mass is 344 g/mol. The van der Waals surface area contributed by atoms with Gasteiger partial charge in [0.15, 0.2) is 11.5 Å². The Balaban J connectivity index is 1.79. The average Bonchev–Trinajstić information content (AvgIpc) is 3.09. The van der Waals surface area contributed by atoms with E-state index < -0.39 is 0 Å². The number of benzene rings is 1. The van der Waals surface area contributed by atoms with Crippen LogP contribution in [0.1, 0.15) is 36.2 Å². The Hall–Kier alpha value is -2.70. The van der Waals surface area contributed by atoms with Crippen LogP contribution in [0.2, 0.25) is 0 Å². The first-order valence-corrected chi connectivity index (χ1v) is 8.38. The molecule has 1 aromatic heterocycles. The average molecular weight is 344 g/mol. The highest BCUT2D eigenvalue weighted by Crippen LogP contribution is 2.35. The number of hydrogen-bond acceptors (Lipinski definition) is 4. The van der Waals surface area contributed by atoms with E-state index in [2.05, 4.69) is 15.5 Å². The number of carbonyl (C=O) groups excluding carboxylic acids is 1. The molecule has 1 aliphatic heterocycles. The lowest BCUT2D eigenvalue weighted by Crippen LogP contribution is -2.43. The summed E-state index contributed by atoms with van der Waals surface area (Å²) < 4.78 is 10.8. The van der Waals surface area contributed by atoms with E-state index in [0.29, 0.717) is 18.0 Å². The predicted octanol–water partition coefficient (Wildman–Crippen LogP) is 2.96. The van der Waals surface area contributed by atoms with Crippen LogP contribution in [0, 0.1) is 6.92 Å². The van der Waals surface area contributed by atoms with Gasteiger partial charge in [-0.15, -0.1) is 0 Å². The molecule has 7 heteroatoms. The lowest BCUT2D eigenvalue weighted by Gasteiger charge is -2.28. The minimum absolute atomic E-state index is 0.121. The number of aryl methyl sites for hydroxylation is 1. The Morgan fingerprint density at radius 1 is 1.36 bits per heavy atom. The van der Waals surface area contributed by atoms with Crippen molar-refractivity contribution in [2.45, 2.75) is 32.7 Å². The number of rotatable bonds is 4. The van der Waals surface area contributed by atoms with Gasteiger partial charge in [-0.3, -0.25) is 10.00 Å². The van der Waals surface area contributed by atoms with Gasteiger partial charge in [-0.05, 0) is 38.3 Å². The number of hydrogen-bond donors (Lipinski definition) is 2. The fourth-order valence-corrected chi connectivity index (χ4v) is 3.37. The number of methoxy groups -OCH3 is 2. The number of anilines is 1. The molecule has 0 bridgehead atoms. The number of fused-ring (bicyclic) bond motifs is 1. The maximum atomic E-state index is 12.7. The summed E-state index contributed by atoms with van der Waals surface area (Å²) in [6.07, 6.45) is 3.55. The lowest BCUT2D eigenvalue weighted by molar-refractivity contribution is 0.243. The summed E-state index contributed by atoms with van der Waals surface area (Å²) in [5.74, 6) is 1.37. The number of ether oxygens (including phenoxy) is 2. The molecule has 25 heavy (non-hydrogen) atoms. The maximum absolute atomic E-state index is 12.7. The fraction of sp³-hybridized carbons (Fsp3) is 0.444. The Bertz CT molecular complexity index is 772. The molecule has 1 aliphatic rings. The highest BCUT2D eigenvalue weighted by atomic mass is 16.5. The molecule has 7 nitrogen and oxygen atoms in total. The first-order valence-electron chi connectivity index (χ1n) is 8.38. The van der Waals surface area contributed by atoms with Gasteiger partial charge in [-0.2, -0.15) is 5.10 Å². The van der Waals surface area contributed by atoms with Crippen LogP contribution in [0.4, 0.5) is 10.5 Å². The van der Waals surface area contributed by atoms with Crippen LogP contribution in [-0.2, 0) is 6.42 Å². The summed E-state index contributed by atoms with van der Waals surface area (Å²) in [7, 11) is 3.23. The Labute approximate surface area is 147 Å². The van der Waals surface area contributed by atoms with Gasteiger partial charge in [0, 0.05) is 12.1 Å². The van der Waals surface area contributed by atoms with E-state index in [1.165, 1.54) is 0 Å². The molecule has 2 aromatic rings. The molecule has 0 aliphatic carbocycles. The lowest BCUT2D eigenvalue weighted by atomic mass is 10.0. The summed E-state index contributed by atoms with van der Waals surface area (Å²) in [4.78, 5) is 14.5. The molecule has 1 atom stereocenters. The maximum Gasteiger partial charge on any atom is 0.322 e. The molecular formula is C18H24N4O3. The van der Waals surface area contributed by atoms with Gasteiger partial charge in [0.25, 0.3) is 0 Å². The predicted molar refractivity (Wildman–Crippen MR) is 95.5 cm³/mol. The van der Waals surface area contributed by atoms with E-state index >= 15 is 0 Å². The normalized spacial score (nSPS) is 14.6. The van der Waals surface area contributed by atoms with E-state index in [1.54, 1.807) is 25.3 Å². The molecule has 3 rings (SSSR count). The zero-order valence-corrected chi connectivity index (χ0v) is 15.0. The highest BCUT2D eigenvalue weighted by Gasteiger charge is 2.26. The summed E-state index contributed by atoms with van der Waals surface area (Å²) >= 11 is 0. The SMILES string of the molecule is COc1ccc(C(C)NC(=O)N2CCCc3[nH]ncc32)c(C)c1OC. The first kappa shape index (κ1) is 17.1. The second-order valence-corrected chi connectivity index (χ2v) is 6.18. The van der Waals surface area contributed by atoms with Crippen molar-refractivity contribution >= 4 is 11.7 Å². The van der Waals surface area contributed by atoms with Gasteiger partial charge in [0.1, 0.15) is 0 Å². The third-order valence-electron chi connectivity index (χ3n) is 4.68. The molecule has 0 radical (unpaired) electrons. The van der Waals surface area contributed by atoms with Crippen molar-refractivity contribution in [1.82, 2.24) is 15.5 Å². The molecule has 2 heterocycles. The molecule has 0 spiro atoms. The van der Waals surface area contributed by atoms with Crippen molar-refractivity contribution in [3.8, 4) is 11.5 Å². The number of amides is 2. The second-order valence-electron chi connectivity index (χ2n) is 6.18. The zero-order valence-electron chi connectivity index (χ0n) is 15.0. The summed E-state index contributed by atoms with van der Waals surface area (Å²) in [5, 5.41) is 10.1. The molecule has 0 fully saturated rings. The Morgan fingerprint density at radius 2 is 2.16 bits per heavy atom. The van der Waals surface area contributed by atoms with Crippen molar-refractivity contribution in [1.29, 1.82) is 0 Å².